The molecule has 12 rings (SSSR count). The lowest BCUT2D eigenvalue weighted by atomic mass is 9.83. The molecule has 6 aromatic carbocycles. The maximum absolute atomic E-state index is 14.1. The smallest absolute Gasteiger partial charge is 0.412 e. The van der Waals surface area contributed by atoms with E-state index in [0.29, 0.717) is 33.4 Å². The Morgan fingerprint density at radius 3 is 1.61 bits per heavy atom. The number of aliphatic hydroxyl groups is 5. The molecule has 6 aliphatic rings. The van der Waals surface area contributed by atoms with Gasteiger partial charge in [0, 0.05) is 17.5 Å². The molecule has 28 nitrogen and oxygen atoms in total. The number of alkyl carbamates (subject to hydrolysis) is 4. The van der Waals surface area contributed by atoms with Gasteiger partial charge in [0.05, 0.1) is 44.1 Å². The Morgan fingerprint density at radius 1 is 0.541 bits per heavy atom. The number of nitrogens with zero attached hydrogens (tertiary/aromatic N) is 1. The lowest BCUT2D eigenvalue weighted by molar-refractivity contribution is -0.357. The number of ether oxygens (including phenoxy) is 13. The van der Waals surface area contributed by atoms with Crippen molar-refractivity contribution in [3.63, 3.8) is 0 Å². The summed E-state index contributed by atoms with van der Waals surface area (Å²) in [6, 6.07) is 47.2. The van der Waals surface area contributed by atoms with Crippen molar-refractivity contribution in [2.45, 2.75) is 162 Å². The van der Waals surface area contributed by atoms with Gasteiger partial charge in [0.2, 0.25) is 0 Å². The SMILES string of the molecule is O=C(N[C@H]1[C@@H](O[C@H]2[C@H](O[C@@H]3O[C@H](CO)[C@@H](O[C@H]4O[C@@H](CN(C(=O)OCc5ccccc5)C(O)c5ccccc5)C[C@H](O)[C@H]4NC(=O)OCc4ccccc4)[C@H]3O)[C@H]3OC(=O)N[C@@H]3C[C@@H]2NC(=O)OCc2ccccc2)O[C@@H]2COC(c3ccccc3)O[C@H]2[C@@H]1O)OCc1ccccc1. The third-order valence-corrected chi connectivity index (χ3v) is 17.6. The molecule has 5 saturated heterocycles. The van der Waals surface area contributed by atoms with E-state index in [-0.39, 0.29) is 45.9 Å². The van der Waals surface area contributed by atoms with Gasteiger partial charge < -0.3 is 108 Å². The Balaban J connectivity index is 0.835. The summed E-state index contributed by atoms with van der Waals surface area (Å²) in [6.07, 6.45) is -29.4. The van der Waals surface area contributed by atoms with Gasteiger partial charge in [0.15, 0.2) is 37.5 Å². The Morgan fingerprint density at radius 2 is 1.04 bits per heavy atom. The van der Waals surface area contributed by atoms with E-state index in [9.17, 15) is 49.5 Å². The van der Waals surface area contributed by atoms with Gasteiger partial charge in [0.25, 0.3) is 0 Å². The van der Waals surface area contributed by atoms with Crippen molar-refractivity contribution in [3.05, 3.63) is 215 Å². The molecule has 0 bridgehead atoms. The van der Waals surface area contributed by atoms with Crippen LogP contribution in [0, 0.1) is 0 Å². The van der Waals surface area contributed by atoms with Crippen LogP contribution in [0.3, 0.4) is 0 Å². The van der Waals surface area contributed by atoms with Crippen molar-refractivity contribution < 1.29 is 111 Å². The molecule has 6 fully saturated rings. The third kappa shape index (κ3) is 17.2. The van der Waals surface area contributed by atoms with Gasteiger partial charge in [-0.25, -0.2) is 24.0 Å². The number of carbonyl (C=O) groups is 5. The maximum Gasteiger partial charge on any atom is 0.412 e. The van der Waals surface area contributed by atoms with Crippen LogP contribution in [-0.4, -0.2) is 191 Å². The molecule has 5 heterocycles. The Hall–Kier alpha value is -8.85. The molecule has 1 saturated carbocycles. The third-order valence-electron chi connectivity index (χ3n) is 17.6. The number of benzene rings is 6. The molecule has 28 heteroatoms. The van der Waals surface area contributed by atoms with Crippen molar-refractivity contribution >= 4 is 30.5 Å². The van der Waals surface area contributed by atoms with Crippen LogP contribution in [0.5, 0.6) is 0 Å². The van der Waals surface area contributed by atoms with E-state index < -0.39 is 166 Å². The van der Waals surface area contributed by atoms with Gasteiger partial charge in [-0.3, -0.25) is 4.90 Å². The van der Waals surface area contributed by atoms with E-state index in [1.807, 2.05) is 6.07 Å². The number of fused-ring (bicyclic) bond motifs is 2. The van der Waals surface area contributed by atoms with E-state index in [4.69, 9.17) is 61.6 Å². The molecule has 6 aromatic rings. The minimum Gasteiger partial charge on any atom is -0.445 e. The first kappa shape index (κ1) is 69.1. The van der Waals surface area contributed by atoms with E-state index in [2.05, 4.69) is 21.3 Å². The van der Waals surface area contributed by atoms with Crippen molar-refractivity contribution in [2.24, 2.45) is 0 Å². The highest BCUT2D eigenvalue weighted by Crippen LogP contribution is 2.40. The molecule has 5 aliphatic heterocycles. The number of rotatable bonds is 23. The Kier molecular flexibility index (Phi) is 23.0. The molecule has 98 heavy (non-hydrogen) atoms. The standard InChI is InChI=1S/C70H77N5O23/c76-34-50-58(96-63-52(73-67(82)88-36-41-21-9-2-10-22-41)49(77)31-46(91-63)33-75(61(80)44-27-15-5-16-28-44)70(85)90-38-43-25-13-4-14-26-43)55(79)65(92-50)97-60-56(47(32-48-57(60)98-69(84)72-48)71-66(81)87-35-40-19-7-1-8-20-40)94-64-53(74-68(83)89-37-42-23-11-3-12-24-42)54(78)59-51(93-64)39-86-62(95-59)45-29-17-6-18-30-45/h1-30,46-65,76-80H,31-39H2,(H,71,81)(H,72,84)(H,73,82)(H,74,83)/t46-,47+,48-,49+,50-,51-,52-,53-,54-,55-,56-,57+,58-,59-,60+,61?,62?,63-,64-,65+/m1/s1. The molecular weight excluding hydrogens is 1280 g/mol. The lowest BCUT2D eigenvalue weighted by Crippen LogP contribution is -2.70. The quantitative estimate of drug-likeness (QED) is 0.0301. The number of nitrogens with one attached hydrogen (secondary N) is 4. The van der Waals surface area contributed by atoms with Crippen molar-refractivity contribution in [2.75, 3.05) is 19.8 Å². The largest absolute Gasteiger partial charge is 0.445 e. The first-order valence-corrected chi connectivity index (χ1v) is 32.2. The number of carbonyl (C=O) groups excluding carboxylic acids is 5. The van der Waals surface area contributed by atoms with Crippen LogP contribution >= 0.6 is 0 Å². The summed E-state index contributed by atoms with van der Waals surface area (Å²) in [6.45, 7) is -2.18. The number of hydrogen-bond acceptors (Lipinski definition) is 23. The van der Waals surface area contributed by atoms with Gasteiger partial charge in [0.1, 0.15) is 87.3 Å². The summed E-state index contributed by atoms with van der Waals surface area (Å²) in [5.74, 6) is 0. The number of aliphatic hydroxyl groups excluding tert-OH is 5. The monoisotopic (exact) mass is 1360 g/mol. The normalized spacial score (nSPS) is 30.5. The molecule has 0 radical (unpaired) electrons. The highest BCUT2D eigenvalue weighted by molar-refractivity contribution is 5.71. The fourth-order valence-electron chi connectivity index (χ4n) is 12.6. The van der Waals surface area contributed by atoms with Crippen molar-refractivity contribution in [1.29, 1.82) is 0 Å². The van der Waals surface area contributed by atoms with Crippen LogP contribution in [0.1, 0.15) is 58.7 Å². The van der Waals surface area contributed by atoms with Gasteiger partial charge in [-0.1, -0.05) is 182 Å². The molecular formula is C70H77N5O23. The van der Waals surface area contributed by atoms with E-state index in [0.717, 1.165) is 4.90 Å². The van der Waals surface area contributed by atoms with Crippen LogP contribution in [0.25, 0.3) is 0 Å². The van der Waals surface area contributed by atoms with Crippen molar-refractivity contribution in [3.8, 4) is 0 Å². The first-order chi connectivity index (χ1) is 47.7. The Labute approximate surface area is 562 Å². The predicted octanol–water partition coefficient (Wildman–Crippen LogP) is 4.99. The Bertz CT molecular complexity index is 3550. The summed E-state index contributed by atoms with van der Waals surface area (Å²) in [7, 11) is 0. The average molecular weight is 1360 g/mol. The van der Waals surface area contributed by atoms with Crippen LogP contribution in [0.4, 0.5) is 24.0 Å². The summed E-state index contributed by atoms with van der Waals surface area (Å²) in [4.78, 5) is 70.2. The summed E-state index contributed by atoms with van der Waals surface area (Å²) >= 11 is 0. The summed E-state index contributed by atoms with van der Waals surface area (Å²) in [5.41, 5.74) is 3.52. The van der Waals surface area contributed by atoms with Crippen LogP contribution in [0.2, 0.25) is 0 Å². The zero-order chi connectivity index (χ0) is 68.1. The van der Waals surface area contributed by atoms with E-state index in [1.165, 1.54) is 0 Å². The zero-order valence-corrected chi connectivity index (χ0v) is 52.8. The van der Waals surface area contributed by atoms with E-state index >= 15 is 0 Å². The minimum atomic E-state index is -1.95. The number of amides is 5. The topological polar surface area (TPSA) is 358 Å². The molecule has 520 valence electrons. The first-order valence-electron chi connectivity index (χ1n) is 32.2. The highest BCUT2D eigenvalue weighted by atomic mass is 16.8. The highest BCUT2D eigenvalue weighted by Gasteiger charge is 2.59. The zero-order valence-electron chi connectivity index (χ0n) is 52.8. The van der Waals surface area contributed by atoms with Gasteiger partial charge >= 0.3 is 30.5 Å². The van der Waals surface area contributed by atoms with Gasteiger partial charge in [-0.2, -0.15) is 0 Å². The second kappa shape index (κ2) is 32.7. The molecule has 1 aliphatic carbocycles. The predicted molar refractivity (Wildman–Crippen MR) is 338 cm³/mol. The minimum absolute atomic E-state index is 0.126. The summed E-state index contributed by atoms with van der Waals surface area (Å²) < 4.78 is 80.6. The van der Waals surface area contributed by atoms with Gasteiger partial charge in [-0.15, -0.1) is 0 Å². The fraction of sp³-hybridized carbons (Fsp3) is 0.414. The van der Waals surface area contributed by atoms with E-state index in [1.54, 1.807) is 176 Å². The lowest BCUT2D eigenvalue weighted by Gasteiger charge is -2.50. The molecule has 2 unspecified atom stereocenters. The average Bonchev–Trinajstić information content (AvgIpc) is 1.38. The molecule has 5 amide bonds. The van der Waals surface area contributed by atoms with Crippen LogP contribution in [0.15, 0.2) is 182 Å². The maximum atomic E-state index is 14.1. The summed E-state index contributed by atoms with van der Waals surface area (Å²) in [5, 5.41) is 71.0. The van der Waals surface area contributed by atoms with Crippen LogP contribution in [-0.2, 0) is 88.0 Å². The molecule has 20 atom stereocenters. The second-order valence-corrected chi connectivity index (χ2v) is 24.3. The molecule has 0 spiro atoms. The number of hydrogen-bond donors (Lipinski definition) is 9. The van der Waals surface area contributed by atoms with Crippen molar-refractivity contribution in [1.82, 2.24) is 26.2 Å². The molecule has 9 N–H and O–H groups in total. The van der Waals surface area contributed by atoms with Gasteiger partial charge in [-0.05, 0) is 28.7 Å². The van der Waals surface area contributed by atoms with Crippen LogP contribution < -0.4 is 21.3 Å². The second-order valence-electron chi connectivity index (χ2n) is 24.3. The molecule has 0 aromatic heterocycles. The fourth-order valence-corrected chi connectivity index (χ4v) is 12.6.